The van der Waals surface area contributed by atoms with Gasteiger partial charge in [0.2, 0.25) is 0 Å². The molecule has 7 nitrogen and oxygen atoms in total. The number of halogens is 1. The highest BCUT2D eigenvalue weighted by atomic mass is 35.5. The number of aromatic nitrogens is 2. The van der Waals surface area contributed by atoms with Crippen LogP contribution in [-0.4, -0.2) is 58.5 Å². The Kier molecular flexibility index (Phi) is 6.13. The Hall–Kier alpha value is -2.38. The molecule has 1 aromatic heterocycles. The Balaban J connectivity index is 1.50. The molecule has 1 saturated heterocycles. The lowest BCUT2D eigenvalue weighted by molar-refractivity contribution is -0.132. The van der Waals surface area contributed by atoms with Crippen LogP contribution < -0.4 is 10.5 Å². The predicted octanol–water partition coefficient (Wildman–Crippen LogP) is 2.13. The molecule has 27 heavy (non-hydrogen) atoms. The highest BCUT2D eigenvalue weighted by Gasteiger charge is 2.29. The van der Waals surface area contributed by atoms with Crippen LogP contribution in [-0.2, 0) is 11.3 Å². The number of anilines is 1. The minimum atomic E-state index is -0.0135. The number of amides is 1. The summed E-state index contributed by atoms with van der Waals surface area (Å²) in [4.78, 5) is 25.0. The molecular weight excluding hydrogens is 366 g/mol. The number of carbonyl (C=O) groups excluding carboxylic acids is 1. The molecule has 1 aromatic carbocycles. The molecule has 1 atom stereocenters. The fourth-order valence-corrected chi connectivity index (χ4v) is 3.40. The lowest BCUT2D eigenvalue weighted by atomic mass is 10.2. The summed E-state index contributed by atoms with van der Waals surface area (Å²) in [7, 11) is 2.01. The number of carbonyl (C=O) groups is 1. The van der Waals surface area contributed by atoms with Crippen LogP contribution in [0.5, 0.6) is 5.75 Å². The molecule has 3 rings (SSSR count). The third kappa shape index (κ3) is 5.08. The average molecular weight is 390 g/mol. The second kappa shape index (κ2) is 8.54. The zero-order chi connectivity index (χ0) is 19.4. The van der Waals surface area contributed by atoms with Crippen LogP contribution in [0.1, 0.15) is 17.8 Å². The van der Waals surface area contributed by atoms with Gasteiger partial charge in [-0.3, -0.25) is 9.69 Å². The maximum absolute atomic E-state index is 12.5. The van der Waals surface area contributed by atoms with Crippen molar-refractivity contribution in [1.82, 2.24) is 19.8 Å². The number of nitrogen functional groups attached to an aromatic ring is 1. The maximum atomic E-state index is 12.5. The third-order valence-electron chi connectivity index (χ3n) is 4.75. The van der Waals surface area contributed by atoms with Gasteiger partial charge in [0.25, 0.3) is 5.91 Å². The van der Waals surface area contributed by atoms with E-state index in [1.54, 1.807) is 24.4 Å². The fourth-order valence-electron chi connectivity index (χ4n) is 3.18. The standard InChI is InChI=1S/C19H24ClN5O2/c1-13-9-14(20)3-4-16(13)27-12-19(26)25-8-6-15(10-25)24(2)11-18-22-7-5-17(21)23-18/h3-5,7,9,15H,6,8,10-12H2,1-2H3,(H2,21,22,23). The summed E-state index contributed by atoms with van der Waals surface area (Å²) >= 11 is 5.94. The van der Waals surface area contributed by atoms with Crippen molar-refractivity contribution in [3.05, 3.63) is 46.9 Å². The number of nitrogens with zero attached hydrogens (tertiary/aromatic N) is 4. The summed E-state index contributed by atoms with van der Waals surface area (Å²) in [5.74, 6) is 1.81. The first kappa shape index (κ1) is 19.4. The van der Waals surface area contributed by atoms with Crippen molar-refractivity contribution < 1.29 is 9.53 Å². The van der Waals surface area contributed by atoms with E-state index in [1.807, 2.05) is 24.9 Å². The Bertz CT molecular complexity index is 816. The molecule has 1 aliphatic heterocycles. The molecule has 0 saturated carbocycles. The van der Waals surface area contributed by atoms with Gasteiger partial charge in [0.15, 0.2) is 6.61 Å². The first-order chi connectivity index (χ1) is 12.9. The van der Waals surface area contributed by atoms with Crippen LogP contribution in [0, 0.1) is 6.92 Å². The van der Waals surface area contributed by atoms with Gasteiger partial charge >= 0.3 is 0 Å². The van der Waals surface area contributed by atoms with Gasteiger partial charge in [-0.2, -0.15) is 0 Å². The Morgan fingerprint density at radius 1 is 1.44 bits per heavy atom. The van der Waals surface area contributed by atoms with Gasteiger partial charge in [-0.15, -0.1) is 0 Å². The molecule has 1 fully saturated rings. The van der Waals surface area contributed by atoms with Crippen molar-refractivity contribution in [2.75, 3.05) is 32.5 Å². The largest absolute Gasteiger partial charge is 0.483 e. The molecule has 8 heteroatoms. The monoisotopic (exact) mass is 389 g/mol. The fraction of sp³-hybridized carbons (Fsp3) is 0.421. The van der Waals surface area contributed by atoms with E-state index in [-0.39, 0.29) is 18.6 Å². The molecule has 1 amide bonds. The van der Waals surface area contributed by atoms with Gasteiger partial charge in [0.05, 0.1) is 6.54 Å². The minimum Gasteiger partial charge on any atom is -0.483 e. The van der Waals surface area contributed by atoms with Crippen LogP contribution >= 0.6 is 11.6 Å². The Morgan fingerprint density at radius 2 is 2.26 bits per heavy atom. The number of rotatable bonds is 6. The minimum absolute atomic E-state index is 0.0135. The quantitative estimate of drug-likeness (QED) is 0.814. The summed E-state index contributed by atoms with van der Waals surface area (Å²) in [6.45, 7) is 3.91. The van der Waals surface area contributed by atoms with Crippen LogP contribution in [0.25, 0.3) is 0 Å². The van der Waals surface area contributed by atoms with E-state index in [4.69, 9.17) is 22.1 Å². The molecule has 0 spiro atoms. The highest BCUT2D eigenvalue weighted by Crippen LogP contribution is 2.22. The number of likely N-dealkylation sites (tertiary alicyclic amines) is 1. The number of nitrogens with two attached hydrogens (primary N) is 1. The van der Waals surface area contributed by atoms with Crippen molar-refractivity contribution in [2.45, 2.75) is 25.9 Å². The summed E-state index contributed by atoms with van der Waals surface area (Å²) < 4.78 is 5.67. The second-order valence-electron chi connectivity index (χ2n) is 6.79. The third-order valence-corrected chi connectivity index (χ3v) is 4.98. The molecule has 144 valence electrons. The molecule has 0 aliphatic carbocycles. The lowest BCUT2D eigenvalue weighted by Gasteiger charge is -2.24. The number of likely N-dealkylation sites (N-methyl/N-ethyl adjacent to an activating group) is 1. The number of hydrogen-bond donors (Lipinski definition) is 1. The Labute approximate surface area is 164 Å². The van der Waals surface area contributed by atoms with Gasteiger partial charge in [-0.25, -0.2) is 9.97 Å². The first-order valence-corrected chi connectivity index (χ1v) is 9.24. The average Bonchev–Trinajstić information content (AvgIpc) is 3.11. The predicted molar refractivity (Wildman–Crippen MR) is 105 cm³/mol. The molecule has 1 aliphatic rings. The molecule has 0 bridgehead atoms. The number of ether oxygens (including phenoxy) is 1. The lowest BCUT2D eigenvalue weighted by Crippen LogP contribution is -2.38. The van der Waals surface area contributed by atoms with Crippen LogP contribution in [0.15, 0.2) is 30.5 Å². The van der Waals surface area contributed by atoms with E-state index in [0.29, 0.717) is 42.0 Å². The second-order valence-corrected chi connectivity index (χ2v) is 7.23. The van der Waals surface area contributed by atoms with Gasteiger partial charge in [-0.05, 0) is 50.2 Å². The van der Waals surface area contributed by atoms with Crippen LogP contribution in [0.4, 0.5) is 5.82 Å². The van der Waals surface area contributed by atoms with Gasteiger partial charge in [0, 0.05) is 30.4 Å². The molecule has 2 heterocycles. The van der Waals surface area contributed by atoms with E-state index >= 15 is 0 Å². The van der Waals surface area contributed by atoms with Crippen molar-refractivity contribution in [2.24, 2.45) is 0 Å². The number of benzene rings is 1. The van der Waals surface area contributed by atoms with E-state index in [0.717, 1.165) is 12.0 Å². The summed E-state index contributed by atoms with van der Waals surface area (Å²) in [6.07, 6.45) is 2.57. The van der Waals surface area contributed by atoms with Gasteiger partial charge in [-0.1, -0.05) is 11.6 Å². The topological polar surface area (TPSA) is 84.6 Å². The molecular formula is C19H24ClN5O2. The zero-order valence-electron chi connectivity index (χ0n) is 15.6. The van der Waals surface area contributed by atoms with E-state index < -0.39 is 0 Å². The summed E-state index contributed by atoms with van der Waals surface area (Å²) in [6, 6.07) is 7.30. The van der Waals surface area contributed by atoms with Crippen molar-refractivity contribution in [1.29, 1.82) is 0 Å². The van der Waals surface area contributed by atoms with Gasteiger partial charge in [0.1, 0.15) is 17.4 Å². The summed E-state index contributed by atoms with van der Waals surface area (Å²) in [5, 5.41) is 0.653. The molecule has 2 N–H and O–H groups in total. The molecule has 0 radical (unpaired) electrons. The van der Waals surface area contributed by atoms with Crippen LogP contribution in [0.3, 0.4) is 0 Å². The van der Waals surface area contributed by atoms with E-state index in [9.17, 15) is 4.79 Å². The SMILES string of the molecule is Cc1cc(Cl)ccc1OCC(=O)N1CCC(N(C)Cc2nccc(N)n2)C1. The Morgan fingerprint density at radius 3 is 3.00 bits per heavy atom. The van der Waals surface area contributed by atoms with Crippen LogP contribution in [0.2, 0.25) is 5.02 Å². The maximum Gasteiger partial charge on any atom is 0.260 e. The van der Waals surface area contributed by atoms with Crippen molar-refractivity contribution in [3.8, 4) is 5.75 Å². The number of hydrogen-bond acceptors (Lipinski definition) is 6. The highest BCUT2D eigenvalue weighted by molar-refractivity contribution is 6.30. The first-order valence-electron chi connectivity index (χ1n) is 8.86. The van der Waals surface area contributed by atoms with Crippen molar-refractivity contribution >= 4 is 23.3 Å². The summed E-state index contributed by atoms with van der Waals surface area (Å²) in [5.41, 5.74) is 6.62. The van der Waals surface area contributed by atoms with Gasteiger partial charge < -0.3 is 15.4 Å². The smallest absolute Gasteiger partial charge is 0.260 e. The zero-order valence-corrected chi connectivity index (χ0v) is 16.3. The normalized spacial score (nSPS) is 16.7. The molecule has 1 unspecified atom stereocenters. The number of aryl methyl sites for hydroxylation is 1. The van der Waals surface area contributed by atoms with E-state index in [1.165, 1.54) is 0 Å². The van der Waals surface area contributed by atoms with Crippen molar-refractivity contribution in [3.63, 3.8) is 0 Å². The van der Waals surface area contributed by atoms with E-state index in [2.05, 4.69) is 14.9 Å². The molecule has 2 aromatic rings.